The summed E-state index contributed by atoms with van der Waals surface area (Å²) >= 11 is 0. The highest BCUT2D eigenvalue weighted by Gasteiger charge is 2.35. The smallest absolute Gasteiger partial charge is 0.0543 e. The van der Waals surface area contributed by atoms with Crippen LogP contribution in [0.15, 0.2) is 84.9 Å². The van der Waals surface area contributed by atoms with Crippen LogP contribution in [0.2, 0.25) is 0 Å². The van der Waals surface area contributed by atoms with Crippen molar-refractivity contribution in [1.29, 1.82) is 0 Å². The summed E-state index contributed by atoms with van der Waals surface area (Å²) in [6.07, 6.45) is 0. The van der Waals surface area contributed by atoms with E-state index in [9.17, 15) is 0 Å². The van der Waals surface area contributed by atoms with Crippen LogP contribution in [0.5, 0.6) is 0 Å². The van der Waals surface area contributed by atoms with Crippen LogP contribution in [-0.2, 0) is 5.41 Å². The van der Waals surface area contributed by atoms with Crippen LogP contribution in [0.1, 0.15) is 30.5 Å². The van der Waals surface area contributed by atoms with Crippen molar-refractivity contribution in [3.8, 4) is 16.8 Å². The fourth-order valence-electron chi connectivity index (χ4n) is 5.19. The number of hydrogen-bond acceptors (Lipinski definition) is 0. The zero-order valence-electron chi connectivity index (χ0n) is 17.0. The summed E-state index contributed by atoms with van der Waals surface area (Å²) in [6.45, 7) is 6.86. The molecule has 0 saturated carbocycles. The molecule has 0 atom stereocenters. The van der Waals surface area contributed by atoms with Crippen molar-refractivity contribution < 1.29 is 0 Å². The maximum Gasteiger partial charge on any atom is 0.0543 e. The van der Waals surface area contributed by atoms with Crippen LogP contribution in [0, 0.1) is 6.92 Å². The normalized spacial score (nSPS) is 14.3. The second-order valence-electron chi connectivity index (χ2n) is 8.77. The van der Waals surface area contributed by atoms with Gasteiger partial charge >= 0.3 is 0 Å². The average molecular weight is 373 g/mol. The molecule has 1 aromatic heterocycles. The standard InChI is InChI=1S/C28H23N/c1-18-12-14-23-22-9-5-7-11-26(22)29(27(23)16-18)19-13-15-21-20-8-4-6-10-24(20)28(2,3)25(21)17-19/h4-17H,1-3H3. The molecule has 0 unspecified atom stereocenters. The first-order valence-electron chi connectivity index (χ1n) is 10.3. The van der Waals surface area contributed by atoms with Crippen molar-refractivity contribution >= 4 is 21.8 Å². The van der Waals surface area contributed by atoms with Crippen LogP contribution in [0.3, 0.4) is 0 Å². The third-order valence-corrected chi connectivity index (χ3v) is 6.65. The van der Waals surface area contributed by atoms with Crippen LogP contribution in [-0.4, -0.2) is 4.57 Å². The highest BCUT2D eigenvalue weighted by Crippen LogP contribution is 2.49. The second kappa shape index (κ2) is 5.61. The van der Waals surface area contributed by atoms with E-state index in [2.05, 4.69) is 110 Å². The quantitative estimate of drug-likeness (QED) is 0.288. The van der Waals surface area contributed by atoms with E-state index in [0.717, 1.165) is 0 Å². The Morgan fingerprint density at radius 2 is 1.34 bits per heavy atom. The van der Waals surface area contributed by atoms with Crippen molar-refractivity contribution in [2.75, 3.05) is 0 Å². The number of fused-ring (bicyclic) bond motifs is 6. The monoisotopic (exact) mass is 373 g/mol. The van der Waals surface area contributed by atoms with Gasteiger partial charge in [-0.25, -0.2) is 0 Å². The average Bonchev–Trinajstić information content (AvgIpc) is 3.17. The SMILES string of the molecule is Cc1ccc2c3ccccc3n(-c3ccc4c(c3)C(C)(C)c3ccccc3-4)c2c1. The molecule has 1 heterocycles. The molecule has 1 aliphatic rings. The van der Waals surface area contributed by atoms with E-state index in [4.69, 9.17) is 0 Å². The van der Waals surface area contributed by atoms with Gasteiger partial charge in [0.25, 0.3) is 0 Å². The Morgan fingerprint density at radius 1 is 0.621 bits per heavy atom. The summed E-state index contributed by atoms with van der Waals surface area (Å²) in [5, 5.41) is 2.62. The molecule has 5 aromatic rings. The zero-order valence-corrected chi connectivity index (χ0v) is 17.0. The fraction of sp³-hybridized carbons (Fsp3) is 0.143. The van der Waals surface area contributed by atoms with Gasteiger partial charge in [-0.1, -0.05) is 74.5 Å². The number of aryl methyl sites for hydroxylation is 1. The van der Waals surface area contributed by atoms with Gasteiger partial charge in [0, 0.05) is 21.9 Å². The first kappa shape index (κ1) is 16.6. The third-order valence-electron chi connectivity index (χ3n) is 6.65. The van der Waals surface area contributed by atoms with E-state index in [-0.39, 0.29) is 5.41 Å². The number of rotatable bonds is 1. The van der Waals surface area contributed by atoms with Gasteiger partial charge in [-0.05, 0) is 59.0 Å². The van der Waals surface area contributed by atoms with Crippen molar-refractivity contribution in [2.45, 2.75) is 26.2 Å². The van der Waals surface area contributed by atoms with Gasteiger partial charge in [0.2, 0.25) is 0 Å². The number of benzene rings is 4. The van der Waals surface area contributed by atoms with E-state index in [0.29, 0.717) is 0 Å². The predicted molar refractivity (Wildman–Crippen MR) is 123 cm³/mol. The summed E-state index contributed by atoms with van der Waals surface area (Å²) < 4.78 is 2.43. The van der Waals surface area contributed by atoms with E-state index in [1.54, 1.807) is 0 Å². The number of nitrogens with zero attached hydrogens (tertiary/aromatic N) is 1. The van der Waals surface area contributed by atoms with E-state index >= 15 is 0 Å². The highest BCUT2D eigenvalue weighted by atomic mass is 15.0. The van der Waals surface area contributed by atoms with Gasteiger partial charge < -0.3 is 4.57 Å². The maximum absolute atomic E-state index is 2.43. The molecule has 0 bridgehead atoms. The molecular weight excluding hydrogens is 350 g/mol. The lowest BCUT2D eigenvalue weighted by molar-refractivity contribution is 0.660. The molecule has 0 saturated heterocycles. The van der Waals surface area contributed by atoms with Gasteiger partial charge in [0.05, 0.1) is 11.0 Å². The fourth-order valence-corrected chi connectivity index (χ4v) is 5.19. The van der Waals surface area contributed by atoms with Crippen LogP contribution in [0.25, 0.3) is 38.6 Å². The Morgan fingerprint density at radius 3 is 2.24 bits per heavy atom. The van der Waals surface area contributed by atoms with Gasteiger partial charge in [-0.2, -0.15) is 0 Å². The summed E-state index contributed by atoms with van der Waals surface area (Å²) in [7, 11) is 0. The number of hydrogen-bond donors (Lipinski definition) is 0. The topological polar surface area (TPSA) is 4.93 Å². The summed E-state index contributed by atoms with van der Waals surface area (Å²) in [5.74, 6) is 0. The van der Waals surface area contributed by atoms with Crippen molar-refractivity contribution in [2.24, 2.45) is 0 Å². The molecule has 0 aliphatic heterocycles. The molecule has 0 N–H and O–H groups in total. The number of para-hydroxylation sites is 1. The zero-order chi connectivity index (χ0) is 19.8. The Hall–Kier alpha value is -3.32. The van der Waals surface area contributed by atoms with Crippen LogP contribution < -0.4 is 0 Å². The Labute approximate surface area is 171 Å². The van der Waals surface area contributed by atoms with E-state index in [1.165, 1.54) is 55.3 Å². The minimum Gasteiger partial charge on any atom is -0.309 e. The number of aromatic nitrogens is 1. The molecule has 6 rings (SSSR count). The van der Waals surface area contributed by atoms with Crippen molar-refractivity contribution in [3.63, 3.8) is 0 Å². The van der Waals surface area contributed by atoms with Crippen LogP contribution in [0.4, 0.5) is 0 Å². The molecule has 0 spiro atoms. The Kier molecular flexibility index (Phi) is 3.21. The van der Waals surface area contributed by atoms with Gasteiger partial charge in [-0.15, -0.1) is 0 Å². The first-order valence-corrected chi connectivity index (χ1v) is 10.3. The highest BCUT2D eigenvalue weighted by molar-refractivity contribution is 6.09. The van der Waals surface area contributed by atoms with Crippen LogP contribution >= 0.6 is 0 Å². The molecule has 0 amide bonds. The molecule has 1 aliphatic carbocycles. The Balaban J connectivity index is 1.68. The minimum atomic E-state index is 0.0105. The molecular formula is C28H23N. The molecule has 0 radical (unpaired) electrons. The van der Waals surface area contributed by atoms with Gasteiger partial charge in [0.15, 0.2) is 0 Å². The molecule has 1 nitrogen and oxygen atoms in total. The van der Waals surface area contributed by atoms with Crippen molar-refractivity contribution in [1.82, 2.24) is 4.57 Å². The lowest BCUT2D eigenvalue weighted by Gasteiger charge is -2.22. The van der Waals surface area contributed by atoms with Gasteiger partial charge in [-0.3, -0.25) is 0 Å². The molecule has 4 aromatic carbocycles. The third kappa shape index (κ3) is 2.16. The van der Waals surface area contributed by atoms with Crippen molar-refractivity contribution in [3.05, 3.63) is 102 Å². The maximum atomic E-state index is 2.43. The molecule has 0 fully saturated rings. The summed E-state index contributed by atoms with van der Waals surface area (Å²) in [5.41, 5.74) is 10.7. The minimum absolute atomic E-state index is 0.0105. The summed E-state index contributed by atoms with van der Waals surface area (Å²) in [6, 6.07) is 31.4. The lowest BCUT2D eigenvalue weighted by Crippen LogP contribution is -2.15. The first-order chi connectivity index (χ1) is 14.1. The second-order valence-corrected chi connectivity index (χ2v) is 8.77. The Bertz CT molecular complexity index is 1430. The van der Waals surface area contributed by atoms with Gasteiger partial charge in [0.1, 0.15) is 0 Å². The molecule has 1 heteroatoms. The predicted octanol–water partition coefficient (Wildman–Crippen LogP) is 7.40. The summed E-state index contributed by atoms with van der Waals surface area (Å²) in [4.78, 5) is 0. The lowest BCUT2D eigenvalue weighted by atomic mass is 9.82. The molecule has 29 heavy (non-hydrogen) atoms. The van der Waals surface area contributed by atoms with E-state index in [1.807, 2.05) is 0 Å². The largest absolute Gasteiger partial charge is 0.309 e. The van der Waals surface area contributed by atoms with E-state index < -0.39 is 0 Å². The molecule has 140 valence electrons.